The molecule has 2 atom stereocenters. The Morgan fingerprint density at radius 1 is 1.25 bits per heavy atom. The van der Waals surface area contributed by atoms with Gasteiger partial charge in [0.15, 0.2) is 0 Å². The van der Waals surface area contributed by atoms with E-state index < -0.39 is 0 Å². The predicted octanol–water partition coefficient (Wildman–Crippen LogP) is 4.02. The van der Waals surface area contributed by atoms with E-state index in [0.717, 1.165) is 17.9 Å². The molecule has 1 aliphatic carbocycles. The Bertz CT molecular complexity index is 393. The number of rotatable bonds is 5. The summed E-state index contributed by atoms with van der Waals surface area (Å²) < 4.78 is 5.89. The molecule has 0 amide bonds. The average Bonchev–Trinajstić information content (AvgIpc) is 2.70. The molecule has 0 aliphatic heterocycles. The van der Waals surface area contributed by atoms with Gasteiger partial charge in [-0.1, -0.05) is 32.6 Å². The molecule has 1 saturated carbocycles. The van der Waals surface area contributed by atoms with Crippen LogP contribution in [0.15, 0.2) is 16.5 Å². The summed E-state index contributed by atoms with van der Waals surface area (Å²) >= 11 is 0. The van der Waals surface area contributed by atoms with Crippen molar-refractivity contribution in [1.29, 1.82) is 0 Å². The lowest BCUT2D eigenvalue weighted by Gasteiger charge is -2.36. The van der Waals surface area contributed by atoms with Gasteiger partial charge in [-0.05, 0) is 45.4 Å². The van der Waals surface area contributed by atoms with Crippen LogP contribution in [0.5, 0.6) is 0 Å². The second kappa shape index (κ2) is 7.28. The molecular weight excluding hydrogens is 248 g/mol. The maximum atomic E-state index is 6.40. The Hall–Kier alpha value is -0.800. The molecule has 1 heterocycles. The lowest BCUT2D eigenvalue weighted by molar-refractivity contribution is 0.118. The van der Waals surface area contributed by atoms with Crippen LogP contribution in [-0.4, -0.2) is 24.0 Å². The van der Waals surface area contributed by atoms with Gasteiger partial charge in [0.25, 0.3) is 0 Å². The molecule has 114 valence electrons. The van der Waals surface area contributed by atoms with Crippen molar-refractivity contribution in [3.05, 3.63) is 23.7 Å². The molecule has 2 rings (SSSR count). The van der Waals surface area contributed by atoms with Crippen molar-refractivity contribution in [2.75, 3.05) is 7.05 Å². The molecule has 1 aromatic rings. The lowest BCUT2D eigenvalue weighted by Crippen LogP contribution is -2.43. The fourth-order valence-electron chi connectivity index (χ4n) is 3.44. The third-order valence-electron chi connectivity index (χ3n) is 4.77. The Morgan fingerprint density at radius 3 is 2.40 bits per heavy atom. The molecule has 20 heavy (non-hydrogen) atoms. The molecule has 2 unspecified atom stereocenters. The van der Waals surface area contributed by atoms with E-state index in [-0.39, 0.29) is 12.1 Å². The normalized spacial score (nSPS) is 20.9. The van der Waals surface area contributed by atoms with Gasteiger partial charge in [-0.3, -0.25) is 4.90 Å². The molecule has 3 heteroatoms. The minimum Gasteiger partial charge on any atom is -0.465 e. The first-order valence-corrected chi connectivity index (χ1v) is 8.17. The van der Waals surface area contributed by atoms with Crippen LogP contribution in [0.3, 0.4) is 0 Å². The Kier molecular flexibility index (Phi) is 5.67. The summed E-state index contributed by atoms with van der Waals surface area (Å²) in [7, 11) is 2.23. The number of hydrogen-bond donors (Lipinski definition) is 1. The summed E-state index contributed by atoms with van der Waals surface area (Å²) in [5.74, 6) is 2.01. The molecule has 1 fully saturated rings. The minimum atomic E-state index is 0.133. The first-order chi connectivity index (χ1) is 9.63. The van der Waals surface area contributed by atoms with Gasteiger partial charge in [-0.25, -0.2) is 0 Å². The van der Waals surface area contributed by atoms with E-state index >= 15 is 0 Å². The molecule has 3 nitrogen and oxygen atoms in total. The van der Waals surface area contributed by atoms with Crippen molar-refractivity contribution >= 4 is 0 Å². The van der Waals surface area contributed by atoms with Crippen molar-refractivity contribution in [1.82, 2.24) is 4.90 Å². The third kappa shape index (κ3) is 3.64. The van der Waals surface area contributed by atoms with Crippen LogP contribution < -0.4 is 5.73 Å². The summed E-state index contributed by atoms with van der Waals surface area (Å²) in [6.45, 7) is 4.16. The minimum absolute atomic E-state index is 0.133. The summed E-state index contributed by atoms with van der Waals surface area (Å²) in [6.07, 6.45) is 9.03. The van der Waals surface area contributed by atoms with Crippen LogP contribution in [0.1, 0.15) is 69.4 Å². The van der Waals surface area contributed by atoms with E-state index in [1.54, 1.807) is 0 Å². The topological polar surface area (TPSA) is 42.4 Å². The first kappa shape index (κ1) is 15.6. The van der Waals surface area contributed by atoms with Crippen LogP contribution in [0.2, 0.25) is 0 Å². The number of nitrogens with zero attached hydrogens (tertiary/aromatic N) is 1. The summed E-state index contributed by atoms with van der Waals surface area (Å²) in [5.41, 5.74) is 6.40. The van der Waals surface area contributed by atoms with Crippen LogP contribution in [-0.2, 0) is 0 Å². The fraction of sp³-hybridized carbons (Fsp3) is 0.765. The van der Waals surface area contributed by atoms with Crippen LogP contribution in [0.25, 0.3) is 0 Å². The van der Waals surface area contributed by atoms with Crippen LogP contribution in [0.4, 0.5) is 0 Å². The van der Waals surface area contributed by atoms with Crippen molar-refractivity contribution in [3.63, 3.8) is 0 Å². The van der Waals surface area contributed by atoms with Gasteiger partial charge in [0.05, 0.1) is 6.04 Å². The molecule has 2 N–H and O–H groups in total. The highest BCUT2D eigenvalue weighted by atomic mass is 16.3. The smallest absolute Gasteiger partial charge is 0.122 e. The first-order valence-electron chi connectivity index (χ1n) is 8.17. The van der Waals surface area contributed by atoms with Crippen molar-refractivity contribution in [2.45, 2.75) is 76.9 Å². The largest absolute Gasteiger partial charge is 0.465 e. The third-order valence-corrected chi connectivity index (χ3v) is 4.77. The molecular formula is C17H30N2O. The van der Waals surface area contributed by atoms with Gasteiger partial charge >= 0.3 is 0 Å². The standard InChI is InChI=1S/C17H30N2O/c1-4-15(18)17(16-12-11-13(2)20-16)19(3)14-9-7-5-6-8-10-14/h11-12,14-15,17H,4-10,18H2,1-3H3. The quantitative estimate of drug-likeness (QED) is 0.827. The van der Waals surface area contributed by atoms with Crippen LogP contribution >= 0.6 is 0 Å². The van der Waals surface area contributed by atoms with E-state index in [4.69, 9.17) is 10.2 Å². The number of aryl methyl sites for hydroxylation is 1. The summed E-state index contributed by atoms with van der Waals surface area (Å²) in [4.78, 5) is 2.48. The molecule has 0 spiro atoms. The highest BCUT2D eigenvalue weighted by Crippen LogP contribution is 2.31. The predicted molar refractivity (Wildman–Crippen MR) is 83.7 cm³/mol. The SMILES string of the molecule is CCC(N)C(c1ccc(C)o1)N(C)C1CCCCCC1. The van der Waals surface area contributed by atoms with E-state index in [9.17, 15) is 0 Å². The van der Waals surface area contributed by atoms with Crippen molar-refractivity contribution in [3.8, 4) is 0 Å². The van der Waals surface area contributed by atoms with Gasteiger partial charge in [0.2, 0.25) is 0 Å². The molecule has 0 aromatic carbocycles. The number of nitrogens with two attached hydrogens (primary N) is 1. The molecule has 1 aliphatic rings. The van der Waals surface area contributed by atoms with E-state index in [2.05, 4.69) is 24.9 Å². The van der Waals surface area contributed by atoms with Gasteiger partial charge in [0.1, 0.15) is 11.5 Å². The van der Waals surface area contributed by atoms with E-state index in [0.29, 0.717) is 6.04 Å². The molecule has 0 radical (unpaired) electrons. The second-order valence-corrected chi connectivity index (χ2v) is 6.28. The second-order valence-electron chi connectivity index (χ2n) is 6.28. The Balaban J connectivity index is 2.16. The van der Waals surface area contributed by atoms with Gasteiger partial charge in [-0.2, -0.15) is 0 Å². The number of hydrogen-bond acceptors (Lipinski definition) is 3. The number of likely N-dealkylation sites (N-methyl/N-ethyl adjacent to an activating group) is 1. The van der Waals surface area contributed by atoms with Crippen molar-refractivity contribution in [2.24, 2.45) is 5.73 Å². The van der Waals surface area contributed by atoms with Crippen molar-refractivity contribution < 1.29 is 4.42 Å². The molecule has 0 bridgehead atoms. The zero-order valence-electron chi connectivity index (χ0n) is 13.3. The maximum absolute atomic E-state index is 6.40. The zero-order chi connectivity index (χ0) is 14.5. The molecule has 0 saturated heterocycles. The molecule has 1 aromatic heterocycles. The Morgan fingerprint density at radius 2 is 1.90 bits per heavy atom. The van der Waals surface area contributed by atoms with Gasteiger partial charge < -0.3 is 10.2 Å². The lowest BCUT2D eigenvalue weighted by atomic mass is 9.98. The van der Waals surface area contributed by atoms with E-state index in [1.807, 2.05) is 13.0 Å². The van der Waals surface area contributed by atoms with E-state index in [1.165, 1.54) is 38.5 Å². The highest BCUT2D eigenvalue weighted by Gasteiger charge is 2.30. The summed E-state index contributed by atoms with van der Waals surface area (Å²) in [6, 6.07) is 5.13. The monoisotopic (exact) mass is 278 g/mol. The average molecular weight is 278 g/mol. The highest BCUT2D eigenvalue weighted by molar-refractivity contribution is 5.12. The fourth-order valence-corrected chi connectivity index (χ4v) is 3.44. The maximum Gasteiger partial charge on any atom is 0.122 e. The summed E-state index contributed by atoms with van der Waals surface area (Å²) in [5, 5.41) is 0. The number of furan rings is 1. The zero-order valence-corrected chi connectivity index (χ0v) is 13.3. The van der Waals surface area contributed by atoms with Crippen LogP contribution in [0, 0.1) is 6.92 Å². The van der Waals surface area contributed by atoms with Gasteiger partial charge in [-0.15, -0.1) is 0 Å². The Labute approximate surface area is 123 Å². The van der Waals surface area contributed by atoms with Gasteiger partial charge in [0, 0.05) is 12.1 Å².